The van der Waals surface area contributed by atoms with Crippen LogP contribution in [0.4, 0.5) is 29.1 Å². The lowest BCUT2D eigenvalue weighted by atomic mass is 10.2. The maximum atomic E-state index is 13.7. The molecule has 0 unspecified atom stereocenters. The van der Waals surface area contributed by atoms with Crippen molar-refractivity contribution in [3.63, 3.8) is 0 Å². The highest BCUT2D eigenvalue weighted by atomic mass is 19.4. The van der Waals surface area contributed by atoms with Gasteiger partial charge in [-0.05, 0) is 48.4 Å². The first kappa shape index (κ1) is 24.2. The van der Waals surface area contributed by atoms with Crippen LogP contribution in [0.2, 0.25) is 0 Å². The lowest BCUT2D eigenvalue weighted by Gasteiger charge is -2.12. The second kappa shape index (κ2) is 10.1. The van der Waals surface area contributed by atoms with Crippen LogP contribution in [-0.4, -0.2) is 27.0 Å². The van der Waals surface area contributed by atoms with Crippen LogP contribution in [-0.2, 0) is 12.7 Å². The lowest BCUT2D eigenvalue weighted by molar-refractivity contribution is -0.137. The van der Waals surface area contributed by atoms with Gasteiger partial charge in [-0.3, -0.25) is 4.79 Å². The number of pyridine rings is 2. The molecule has 0 fully saturated rings. The number of benzene rings is 1. The first-order chi connectivity index (χ1) is 16.7. The molecule has 35 heavy (non-hydrogen) atoms. The standard InChI is InChI=1S/C25H23F4N5O/c1-2-3-9-30-22-8-7-20(14-31-22)33-24(35)21-12-17-11-18(25(27,28)29)13-32-23(17)34(21)15-16-5-4-6-19(26)10-16/h4-8,10-14H,2-3,9,15H2,1H3,(H,30,31)(H,33,35). The summed E-state index contributed by atoms with van der Waals surface area (Å²) in [6, 6.07) is 11.5. The number of carbonyl (C=O) groups excluding carboxylic acids is 1. The van der Waals surface area contributed by atoms with Gasteiger partial charge in [0.05, 0.1) is 17.4 Å². The third-order valence-corrected chi connectivity index (χ3v) is 5.38. The minimum absolute atomic E-state index is 0.0426. The molecule has 2 N–H and O–H groups in total. The van der Waals surface area contributed by atoms with E-state index in [1.54, 1.807) is 18.2 Å². The maximum absolute atomic E-state index is 13.7. The average Bonchev–Trinajstić information content (AvgIpc) is 3.18. The van der Waals surface area contributed by atoms with Crippen molar-refractivity contribution in [2.45, 2.75) is 32.5 Å². The van der Waals surface area contributed by atoms with Gasteiger partial charge in [0, 0.05) is 24.7 Å². The predicted molar refractivity (Wildman–Crippen MR) is 126 cm³/mol. The highest BCUT2D eigenvalue weighted by Gasteiger charge is 2.32. The van der Waals surface area contributed by atoms with Gasteiger partial charge in [-0.15, -0.1) is 0 Å². The number of anilines is 2. The number of carbonyl (C=O) groups is 1. The molecule has 3 heterocycles. The van der Waals surface area contributed by atoms with E-state index in [2.05, 4.69) is 27.5 Å². The summed E-state index contributed by atoms with van der Waals surface area (Å²) in [7, 11) is 0. The molecule has 182 valence electrons. The minimum Gasteiger partial charge on any atom is -0.370 e. The normalized spacial score (nSPS) is 11.6. The number of aromatic nitrogens is 3. The number of amides is 1. The zero-order chi connectivity index (χ0) is 25.0. The average molecular weight is 485 g/mol. The summed E-state index contributed by atoms with van der Waals surface area (Å²) in [5.41, 5.74) is 0.294. The van der Waals surface area contributed by atoms with E-state index >= 15 is 0 Å². The second-order valence-electron chi connectivity index (χ2n) is 8.05. The van der Waals surface area contributed by atoms with Crippen molar-refractivity contribution in [1.82, 2.24) is 14.5 Å². The van der Waals surface area contributed by atoms with Crippen LogP contribution in [0.15, 0.2) is 60.9 Å². The van der Waals surface area contributed by atoms with E-state index in [1.165, 1.54) is 35.0 Å². The van der Waals surface area contributed by atoms with Gasteiger partial charge in [0.2, 0.25) is 0 Å². The first-order valence-corrected chi connectivity index (χ1v) is 11.1. The molecule has 0 bridgehead atoms. The van der Waals surface area contributed by atoms with Gasteiger partial charge in [0.1, 0.15) is 23.0 Å². The number of alkyl halides is 3. The molecule has 4 rings (SSSR count). The number of hydrogen-bond acceptors (Lipinski definition) is 4. The molecular weight excluding hydrogens is 462 g/mol. The fourth-order valence-electron chi connectivity index (χ4n) is 3.63. The zero-order valence-corrected chi connectivity index (χ0v) is 18.9. The fourth-order valence-corrected chi connectivity index (χ4v) is 3.63. The molecule has 10 heteroatoms. The zero-order valence-electron chi connectivity index (χ0n) is 18.9. The third kappa shape index (κ3) is 5.76. The van der Waals surface area contributed by atoms with Crippen LogP contribution in [0.3, 0.4) is 0 Å². The minimum atomic E-state index is -4.58. The Morgan fingerprint density at radius 1 is 1.06 bits per heavy atom. The molecule has 0 aliphatic rings. The summed E-state index contributed by atoms with van der Waals surface area (Å²) >= 11 is 0. The highest BCUT2D eigenvalue weighted by molar-refractivity contribution is 6.06. The molecule has 1 amide bonds. The van der Waals surface area contributed by atoms with E-state index in [4.69, 9.17) is 0 Å². The molecule has 0 aliphatic heterocycles. The van der Waals surface area contributed by atoms with Gasteiger partial charge in [-0.2, -0.15) is 13.2 Å². The Morgan fingerprint density at radius 2 is 1.89 bits per heavy atom. The Balaban J connectivity index is 1.65. The van der Waals surface area contributed by atoms with Crippen molar-refractivity contribution in [1.29, 1.82) is 0 Å². The summed E-state index contributed by atoms with van der Waals surface area (Å²) in [5, 5.41) is 6.05. The molecule has 0 saturated heterocycles. The molecule has 0 aliphatic carbocycles. The van der Waals surface area contributed by atoms with Gasteiger partial charge in [-0.25, -0.2) is 14.4 Å². The molecule has 0 saturated carbocycles. The van der Waals surface area contributed by atoms with Crippen molar-refractivity contribution in [3.8, 4) is 0 Å². The van der Waals surface area contributed by atoms with E-state index in [0.29, 0.717) is 17.1 Å². The van der Waals surface area contributed by atoms with Crippen molar-refractivity contribution in [3.05, 3.63) is 83.6 Å². The van der Waals surface area contributed by atoms with Crippen LogP contribution in [0.1, 0.15) is 41.4 Å². The van der Waals surface area contributed by atoms with Crippen LogP contribution < -0.4 is 10.6 Å². The number of nitrogens with zero attached hydrogens (tertiary/aromatic N) is 3. The van der Waals surface area contributed by atoms with Crippen molar-refractivity contribution in [2.75, 3.05) is 17.2 Å². The number of hydrogen-bond donors (Lipinski definition) is 2. The third-order valence-electron chi connectivity index (χ3n) is 5.38. The summed E-state index contributed by atoms with van der Waals surface area (Å²) in [6.07, 6.45) is -0.316. The van der Waals surface area contributed by atoms with Crippen molar-refractivity contribution in [2.24, 2.45) is 0 Å². The summed E-state index contributed by atoms with van der Waals surface area (Å²) in [4.78, 5) is 21.4. The van der Waals surface area contributed by atoms with E-state index < -0.39 is 23.5 Å². The second-order valence-corrected chi connectivity index (χ2v) is 8.05. The molecule has 0 radical (unpaired) electrons. The summed E-state index contributed by atoms with van der Waals surface area (Å²) in [5.74, 6) is -0.349. The molecule has 3 aromatic heterocycles. The number of nitrogens with one attached hydrogen (secondary N) is 2. The Labute approximate surface area is 199 Å². The Kier molecular flexibility index (Phi) is 6.99. The van der Waals surface area contributed by atoms with Crippen molar-refractivity contribution >= 4 is 28.4 Å². The van der Waals surface area contributed by atoms with Gasteiger partial charge in [0.15, 0.2) is 0 Å². The van der Waals surface area contributed by atoms with Crippen LogP contribution in [0.5, 0.6) is 0 Å². The van der Waals surface area contributed by atoms with Gasteiger partial charge in [0.25, 0.3) is 5.91 Å². The largest absolute Gasteiger partial charge is 0.417 e. The van der Waals surface area contributed by atoms with E-state index in [0.717, 1.165) is 31.6 Å². The molecule has 0 spiro atoms. The summed E-state index contributed by atoms with van der Waals surface area (Å²) in [6.45, 7) is 2.91. The maximum Gasteiger partial charge on any atom is 0.417 e. The predicted octanol–water partition coefficient (Wildman–Crippen LogP) is 6.10. The first-order valence-electron chi connectivity index (χ1n) is 11.1. The molecule has 0 atom stereocenters. The number of unbranched alkanes of at least 4 members (excludes halogenated alkanes) is 1. The van der Waals surface area contributed by atoms with Gasteiger partial charge in [-0.1, -0.05) is 25.5 Å². The number of fused-ring (bicyclic) bond motifs is 1. The van der Waals surface area contributed by atoms with Crippen LogP contribution in [0.25, 0.3) is 11.0 Å². The lowest BCUT2D eigenvalue weighted by Crippen LogP contribution is -2.18. The SMILES string of the molecule is CCCCNc1ccc(NC(=O)c2cc3cc(C(F)(F)F)cnc3n2Cc2cccc(F)c2)cn1. The smallest absolute Gasteiger partial charge is 0.370 e. The van der Waals surface area contributed by atoms with E-state index in [1.807, 2.05) is 0 Å². The number of halogens is 4. The molecule has 1 aromatic carbocycles. The van der Waals surface area contributed by atoms with Crippen LogP contribution >= 0.6 is 0 Å². The molecular formula is C25H23F4N5O. The Hall–Kier alpha value is -3.95. The highest BCUT2D eigenvalue weighted by Crippen LogP contribution is 2.31. The topological polar surface area (TPSA) is 71.8 Å². The quantitative estimate of drug-likeness (QED) is 0.234. The van der Waals surface area contributed by atoms with E-state index in [-0.39, 0.29) is 23.3 Å². The van der Waals surface area contributed by atoms with Gasteiger partial charge < -0.3 is 15.2 Å². The monoisotopic (exact) mass is 485 g/mol. The fraction of sp³-hybridized carbons (Fsp3) is 0.240. The van der Waals surface area contributed by atoms with Crippen LogP contribution in [0, 0.1) is 5.82 Å². The Morgan fingerprint density at radius 3 is 2.57 bits per heavy atom. The van der Waals surface area contributed by atoms with Gasteiger partial charge >= 0.3 is 6.18 Å². The molecule has 6 nitrogen and oxygen atoms in total. The number of rotatable bonds is 8. The van der Waals surface area contributed by atoms with E-state index in [9.17, 15) is 22.4 Å². The summed E-state index contributed by atoms with van der Waals surface area (Å²) < 4.78 is 54.8. The molecule has 4 aromatic rings. The Bertz CT molecular complexity index is 1330. The van der Waals surface area contributed by atoms with Crippen molar-refractivity contribution < 1.29 is 22.4 Å².